The fraction of sp³-hybridized carbons (Fsp3) is 0. The summed E-state index contributed by atoms with van der Waals surface area (Å²) in [5, 5.41) is 0. The Morgan fingerprint density at radius 1 is 0.714 bits per heavy atom. The minimum absolute atomic E-state index is 0.512. The molecule has 2 heterocycles. The summed E-state index contributed by atoms with van der Waals surface area (Å²) in [7, 11) is 1.87. The van der Waals surface area contributed by atoms with Crippen molar-refractivity contribution < 1.29 is 0 Å². The van der Waals surface area contributed by atoms with E-state index in [0.29, 0.717) is 20.9 Å². The molecule has 0 saturated carbocycles. The summed E-state index contributed by atoms with van der Waals surface area (Å²) in [5.41, 5.74) is 0.831. The van der Waals surface area contributed by atoms with E-state index in [-0.39, 0.29) is 0 Å². The molecular weight excluding hydrogens is 379 g/mol. The van der Waals surface area contributed by atoms with E-state index < -0.39 is 0 Å². The first-order valence-electron chi connectivity index (χ1n) is 3.61. The molecule has 0 spiro atoms. The number of hydrogen-bond acceptors (Lipinski definition) is 4. The molecule has 2 rings (SSSR count). The van der Waals surface area contributed by atoms with E-state index in [9.17, 15) is 0 Å². The van der Waals surface area contributed by atoms with E-state index in [4.69, 9.17) is 0 Å². The van der Waals surface area contributed by atoms with Crippen molar-refractivity contribution in [3.05, 3.63) is 11.6 Å². The molecule has 0 aliphatic carbocycles. The number of halogens is 3. The number of aliphatic imine (C=N–C) groups is 4. The summed E-state index contributed by atoms with van der Waals surface area (Å²) >= 11 is 9.79. The normalized spacial score (nSPS) is 20.8. The quantitative estimate of drug-likeness (QED) is 0.573. The topological polar surface area (TPSA) is 49.4 Å². The number of nitrogens with zero attached hydrogens (tertiary/aromatic N) is 4. The van der Waals surface area contributed by atoms with Gasteiger partial charge in [-0.1, -0.05) is 0 Å². The average molecular weight is 381 g/mol. The van der Waals surface area contributed by atoms with Gasteiger partial charge in [0.2, 0.25) is 0 Å². The SMILES string of the molecule is BC1=NC(=C2N=C(Br)C(Br)=N2)N=C1Br. The molecule has 0 radical (unpaired) electrons. The molecule has 4 nitrogen and oxygen atoms in total. The molecule has 0 atom stereocenters. The summed E-state index contributed by atoms with van der Waals surface area (Å²) in [6, 6.07) is 0. The summed E-state index contributed by atoms with van der Waals surface area (Å²) in [6.07, 6.45) is 0. The molecular formula is C6H2BBr3N4. The molecule has 0 fully saturated rings. The minimum atomic E-state index is 0.512. The first-order valence-corrected chi connectivity index (χ1v) is 5.98. The molecule has 70 valence electrons. The van der Waals surface area contributed by atoms with Crippen LogP contribution in [0.25, 0.3) is 0 Å². The predicted octanol–water partition coefficient (Wildman–Crippen LogP) is 1.55. The highest BCUT2D eigenvalue weighted by atomic mass is 79.9. The summed E-state index contributed by atoms with van der Waals surface area (Å²) in [4.78, 5) is 16.7. The van der Waals surface area contributed by atoms with Crippen LogP contribution in [-0.2, 0) is 0 Å². The van der Waals surface area contributed by atoms with Gasteiger partial charge in [0, 0.05) is 5.61 Å². The van der Waals surface area contributed by atoms with Crippen LogP contribution in [0, 0.1) is 0 Å². The molecule has 8 heteroatoms. The van der Waals surface area contributed by atoms with Crippen LogP contribution in [0.1, 0.15) is 0 Å². The van der Waals surface area contributed by atoms with Crippen molar-refractivity contribution in [2.45, 2.75) is 0 Å². The fourth-order valence-corrected chi connectivity index (χ4v) is 1.68. The van der Waals surface area contributed by atoms with E-state index in [1.807, 2.05) is 7.85 Å². The average Bonchev–Trinajstić information content (AvgIpc) is 2.60. The van der Waals surface area contributed by atoms with Crippen LogP contribution < -0.4 is 0 Å². The lowest BCUT2D eigenvalue weighted by Crippen LogP contribution is -2.00. The maximum atomic E-state index is 4.21. The first-order chi connectivity index (χ1) is 6.58. The molecule has 14 heavy (non-hydrogen) atoms. The third-order valence-corrected chi connectivity index (χ3v) is 3.94. The first kappa shape index (κ1) is 10.4. The van der Waals surface area contributed by atoms with Gasteiger partial charge >= 0.3 is 0 Å². The van der Waals surface area contributed by atoms with Gasteiger partial charge in [-0.05, 0) is 47.8 Å². The van der Waals surface area contributed by atoms with E-state index in [1.165, 1.54) is 0 Å². The third-order valence-electron chi connectivity index (χ3n) is 1.55. The summed E-state index contributed by atoms with van der Waals surface area (Å²) in [5.74, 6) is 1.04. The molecule has 0 saturated heterocycles. The molecule has 0 aromatic rings. The van der Waals surface area contributed by atoms with Gasteiger partial charge in [0.15, 0.2) is 19.5 Å². The summed E-state index contributed by atoms with van der Waals surface area (Å²) < 4.78 is 2.04. The molecule has 0 amide bonds. The highest BCUT2D eigenvalue weighted by Crippen LogP contribution is 2.24. The zero-order valence-electron chi connectivity index (χ0n) is 6.92. The van der Waals surface area contributed by atoms with E-state index in [0.717, 1.165) is 10.2 Å². The minimum Gasteiger partial charge on any atom is -0.239 e. The van der Waals surface area contributed by atoms with E-state index >= 15 is 0 Å². The van der Waals surface area contributed by atoms with Crippen molar-refractivity contribution in [2.75, 3.05) is 0 Å². The van der Waals surface area contributed by atoms with Crippen LogP contribution in [0.3, 0.4) is 0 Å². The molecule has 0 bridgehead atoms. The van der Waals surface area contributed by atoms with Gasteiger partial charge in [-0.25, -0.2) is 20.0 Å². The Kier molecular flexibility index (Phi) is 2.85. The van der Waals surface area contributed by atoms with E-state index in [2.05, 4.69) is 67.8 Å². The molecule has 0 unspecified atom stereocenters. The Balaban J connectivity index is 2.49. The van der Waals surface area contributed by atoms with Crippen molar-refractivity contribution in [3.8, 4) is 0 Å². The second-order valence-corrected chi connectivity index (χ2v) is 4.81. The largest absolute Gasteiger partial charge is 0.239 e. The highest BCUT2D eigenvalue weighted by molar-refractivity contribution is 9.25. The second-order valence-electron chi connectivity index (χ2n) is 2.55. The monoisotopic (exact) mass is 378 g/mol. The Morgan fingerprint density at radius 2 is 1.14 bits per heavy atom. The van der Waals surface area contributed by atoms with Crippen molar-refractivity contribution in [1.82, 2.24) is 0 Å². The van der Waals surface area contributed by atoms with Gasteiger partial charge in [-0.15, -0.1) is 0 Å². The number of hydrogen-bond donors (Lipinski definition) is 0. The molecule has 2 aliphatic heterocycles. The van der Waals surface area contributed by atoms with Crippen molar-refractivity contribution >= 4 is 75.1 Å². The van der Waals surface area contributed by atoms with Crippen LogP contribution in [-0.4, -0.2) is 27.3 Å². The van der Waals surface area contributed by atoms with Gasteiger partial charge in [0.05, 0.1) is 0 Å². The lowest BCUT2D eigenvalue weighted by molar-refractivity contribution is 1.13. The van der Waals surface area contributed by atoms with Crippen LogP contribution in [0.15, 0.2) is 31.6 Å². The maximum Gasteiger partial charge on any atom is 0.200 e. The van der Waals surface area contributed by atoms with Crippen LogP contribution >= 0.6 is 47.8 Å². The van der Waals surface area contributed by atoms with Crippen molar-refractivity contribution in [3.63, 3.8) is 0 Å². The van der Waals surface area contributed by atoms with Gasteiger partial charge in [-0.3, -0.25) is 0 Å². The van der Waals surface area contributed by atoms with Crippen LogP contribution in [0.2, 0.25) is 0 Å². The predicted molar refractivity (Wildman–Crippen MR) is 72.1 cm³/mol. The molecule has 2 aliphatic rings. The van der Waals surface area contributed by atoms with Crippen molar-refractivity contribution in [2.24, 2.45) is 20.0 Å². The molecule has 0 aromatic heterocycles. The molecule has 0 N–H and O–H groups in total. The highest BCUT2D eigenvalue weighted by Gasteiger charge is 2.19. The smallest absolute Gasteiger partial charge is 0.200 e. The van der Waals surface area contributed by atoms with Crippen LogP contribution in [0.5, 0.6) is 0 Å². The molecule has 0 aromatic carbocycles. The zero-order chi connectivity index (χ0) is 10.3. The third kappa shape index (κ3) is 1.83. The standard InChI is InChI=1S/C6H2BBr3N4/c7-1-2(8)12-5(11-1)6-13-3(9)4(10)14-6/h7H2. The Hall–Kier alpha value is -0.0751. The lowest BCUT2D eigenvalue weighted by Gasteiger charge is -1.88. The van der Waals surface area contributed by atoms with Gasteiger partial charge in [-0.2, -0.15) is 0 Å². The number of rotatable bonds is 0. The van der Waals surface area contributed by atoms with Gasteiger partial charge < -0.3 is 0 Å². The van der Waals surface area contributed by atoms with Crippen LogP contribution in [0.4, 0.5) is 0 Å². The second kappa shape index (κ2) is 3.82. The van der Waals surface area contributed by atoms with E-state index in [1.54, 1.807) is 0 Å². The van der Waals surface area contributed by atoms with Gasteiger partial charge in [0.1, 0.15) is 13.9 Å². The Labute approximate surface area is 106 Å². The van der Waals surface area contributed by atoms with Crippen molar-refractivity contribution in [1.29, 1.82) is 0 Å². The lowest BCUT2D eigenvalue weighted by atomic mass is 10.0. The Bertz CT molecular complexity index is 378. The van der Waals surface area contributed by atoms with Gasteiger partial charge in [0.25, 0.3) is 0 Å². The summed E-state index contributed by atoms with van der Waals surface area (Å²) in [6.45, 7) is 0. The maximum absolute atomic E-state index is 4.21. The Morgan fingerprint density at radius 3 is 1.57 bits per heavy atom. The zero-order valence-corrected chi connectivity index (χ0v) is 11.7. The fourth-order valence-electron chi connectivity index (χ4n) is 0.907.